The quantitative estimate of drug-likeness (QED) is 0.515. The van der Waals surface area contributed by atoms with Crippen molar-refractivity contribution >= 4 is 11.7 Å². The Labute approximate surface area is 194 Å². The van der Waals surface area contributed by atoms with Gasteiger partial charge in [-0.25, -0.2) is 28.1 Å². The average Bonchev–Trinajstić information content (AvgIpc) is 3.28. The van der Waals surface area contributed by atoms with Crippen LogP contribution < -0.4 is 5.32 Å². The fraction of sp³-hybridized carbons (Fsp3) is 0.381. The normalized spacial score (nSPS) is 20.0. The predicted molar refractivity (Wildman–Crippen MR) is 111 cm³/mol. The number of likely N-dealkylation sites (tertiary alicyclic amines) is 1. The number of amides is 1. The first-order valence-corrected chi connectivity index (χ1v) is 10.4. The zero-order valence-electron chi connectivity index (χ0n) is 18.2. The third-order valence-electron chi connectivity index (χ3n) is 5.65. The summed E-state index contributed by atoms with van der Waals surface area (Å²) in [5.41, 5.74) is -1.16. The molecule has 3 aromatic heterocycles. The Morgan fingerprint density at radius 1 is 1.23 bits per heavy atom. The highest BCUT2D eigenvalue weighted by atomic mass is 19.4. The first-order chi connectivity index (χ1) is 16.5. The monoisotopic (exact) mass is 499 g/mol. The maximum atomic E-state index is 14.4. The van der Waals surface area contributed by atoms with Crippen LogP contribution in [0.4, 0.5) is 32.2 Å². The molecule has 1 aliphatic heterocycles. The van der Waals surface area contributed by atoms with Gasteiger partial charge in [-0.1, -0.05) is 6.92 Å². The number of aromatic nitrogens is 5. The van der Waals surface area contributed by atoms with Gasteiger partial charge in [-0.3, -0.25) is 9.89 Å². The Bertz CT molecular complexity index is 1200. The molecule has 1 fully saturated rings. The second kappa shape index (κ2) is 9.15. The van der Waals surface area contributed by atoms with Gasteiger partial charge in [0.05, 0.1) is 29.9 Å². The Morgan fingerprint density at radius 2 is 1.94 bits per heavy atom. The molecule has 2 atom stereocenters. The van der Waals surface area contributed by atoms with Crippen LogP contribution in [0.2, 0.25) is 0 Å². The maximum Gasteiger partial charge on any atom is 0.417 e. The number of hydrogen-bond donors (Lipinski definition) is 2. The number of alkyl halides is 5. The third-order valence-corrected chi connectivity index (χ3v) is 5.65. The lowest BCUT2D eigenvalue weighted by Gasteiger charge is -2.43. The van der Waals surface area contributed by atoms with E-state index in [1.165, 1.54) is 25.5 Å². The Balaban J connectivity index is 1.59. The topological polar surface area (TPSA) is 99.7 Å². The molecule has 35 heavy (non-hydrogen) atoms. The molecule has 0 bridgehead atoms. The first kappa shape index (κ1) is 24.4. The van der Waals surface area contributed by atoms with E-state index in [0.29, 0.717) is 6.20 Å². The summed E-state index contributed by atoms with van der Waals surface area (Å²) in [6, 6.07) is 0.986. The van der Waals surface area contributed by atoms with Crippen LogP contribution in [0.1, 0.15) is 29.4 Å². The van der Waals surface area contributed by atoms with Gasteiger partial charge in [0.25, 0.3) is 11.8 Å². The lowest BCUT2D eigenvalue weighted by atomic mass is 9.88. The molecule has 4 heterocycles. The van der Waals surface area contributed by atoms with E-state index >= 15 is 0 Å². The van der Waals surface area contributed by atoms with E-state index in [0.717, 1.165) is 4.90 Å². The average molecular weight is 499 g/mol. The van der Waals surface area contributed by atoms with E-state index in [1.807, 2.05) is 0 Å². The van der Waals surface area contributed by atoms with Crippen molar-refractivity contribution in [2.24, 2.45) is 5.92 Å². The van der Waals surface area contributed by atoms with E-state index in [-0.39, 0.29) is 29.7 Å². The number of carbonyl (C=O) groups is 1. The molecular formula is C21H19F6N7O. The number of rotatable bonds is 5. The standard InChI is InChI=1S/C21H19F6N7O/c1-11-6-20(23,24)10-34(19(35)16-13(8-32-33-16)17-28-3-2-4-29-17)15(11)9-31-18-14(22)5-12(7-30-18)21(25,26)27/h2-5,7-8,11,15H,6,9-10H2,1H3,(H,30,31)(H,32,33)/t11-,15-/m1/s1. The largest absolute Gasteiger partial charge is 0.417 e. The van der Waals surface area contributed by atoms with Gasteiger partial charge in [0.15, 0.2) is 17.5 Å². The van der Waals surface area contributed by atoms with Gasteiger partial charge >= 0.3 is 6.18 Å². The van der Waals surface area contributed by atoms with Crippen LogP contribution in [-0.2, 0) is 6.18 Å². The summed E-state index contributed by atoms with van der Waals surface area (Å²) in [5, 5.41) is 8.88. The Morgan fingerprint density at radius 3 is 2.60 bits per heavy atom. The van der Waals surface area contributed by atoms with E-state index in [4.69, 9.17) is 0 Å². The molecule has 2 N–H and O–H groups in total. The van der Waals surface area contributed by atoms with Crippen molar-refractivity contribution in [3.8, 4) is 11.4 Å². The van der Waals surface area contributed by atoms with Gasteiger partial charge in [-0.15, -0.1) is 0 Å². The SMILES string of the molecule is C[C@@H]1CC(F)(F)CN(C(=O)c2[nH]ncc2-c2ncccn2)[C@@H]1CNc1ncc(C(F)(F)F)cc1F. The van der Waals surface area contributed by atoms with Crippen LogP contribution in [0.15, 0.2) is 36.9 Å². The van der Waals surface area contributed by atoms with Crippen molar-refractivity contribution in [1.29, 1.82) is 0 Å². The molecule has 0 unspecified atom stereocenters. The molecule has 1 saturated heterocycles. The van der Waals surface area contributed by atoms with Gasteiger partial charge in [0, 0.05) is 31.6 Å². The first-order valence-electron chi connectivity index (χ1n) is 10.4. The summed E-state index contributed by atoms with van der Waals surface area (Å²) in [5.74, 6) is -6.33. The van der Waals surface area contributed by atoms with Crippen LogP contribution >= 0.6 is 0 Å². The number of piperidine rings is 1. The molecule has 186 valence electrons. The number of aromatic amines is 1. The van der Waals surface area contributed by atoms with Crippen LogP contribution in [-0.4, -0.2) is 61.0 Å². The molecule has 1 aliphatic rings. The highest BCUT2D eigenvalue weighted by molar-refractivity contribution is 5.98. The molecule has 3 aromatic rings. The molecule has 8 nitrogen and oxygen atoms in total. The van der Waals surface area contributed by atoms with Crippen molar-refractivity contribution < 1.29 is 31.1 Å². The zero-order valence-corrected chi connectivity index (χ0v) is 18.2. The minimum absolute atomic E-state index is 0.107. The molecular weight excluding hydrogens is 480 g/mol. The molecule has 0 saturated carbocycles. The van der Waals surface area contributed by atoms with E-state index in [9.17, 15) is 31.1 Å². The van der Waals surface area contributed by atoms with Crippen molar-refractivity contribution in [2.75, 3.05) is 18.4 Å². The lowest BCUT2D eigenvalue weighted by molar-refractivity contribution is -0.138. The molecule has 0 radical (unpaired) electrons. The molecule has 14 heteroatoms. The van der Waals surface area contributed by atoms with Gasteiger partial charge in [-0.05, 0) is 18.1 Å². The number of pyridine rings is 1. The van der Waals surface area contributed by atoms with Gasteiger partial charge < -0.3 is 10.2 Å². The second-order valence-corrected chi connectivity index (χ2v) is 8.20. The molecule has 0 spiro atoms. The minimum atomic E-state index is -4.77. The Hall–Kier alpha value is -3.71. The van der Waals surface area contributed by atoms with Crippen LogP contribution in [0.3, 0.4) is 0 Å². The number of nitrogens with one attached hydrogen (secondary N) is 2. The number of halogens is 6. The van der Waals surface area contributed by atoms with Gasteiger partial charge in [0.1, 0.15) is 5.69 Å². The number of carbonyl (C=O) groups excluding carboxylic acids is 1. The molecule has 4 rings (SSSR count). The van der Waals surface area contributed by atoms with Crippen LogP contribution in [0.5, 0.6) is 0 Å². The van der Waals surface area contributed by atoms with Crippen molar-refractivity contribution in [3.63, 3.8) is 0 Å². The smallest absolute Gasteiger partial charge is 0.366 e. The fourth-order valence-electron chi connectivity index (χ4n) is 4.00. The summed E-state index contributed by atoms with van der Waals surface area (Å²) in [7, 11) is 0. The summed E-state index contributed by atoms with van der Waals surface area (Å²) in [6.07, 6.45) is -0.669. The number of nitrogens with zero attached hydrogens (tertiary/aromatic N) is 5. The summed E-state index contributed by atoms with van der Waals surface area (Å²) in [6.45, 7) is 0.355. The minimum Gasteiger partial charge on any atom is -0.366 e. The lowest BCUT2D eigenvalue weighted by Crippen LogP contribution is -2.57. The highest BCUT2D eigenvalue weighted by Crippen LogP contribution is 2.36. The van der Waals surface area contributed by atoms with E-state index in [1.54, 1.807) is 6.07 Å². The summed E-state index contributed by atoms with van der Waals surface area (Å²) >= 11 is 0. The zero-order chi connectivity index (χ0) is 25.4. The predicted octanol–water partition coefficient (Wildman–Crippen LogP) is 4.02. The molecule has 0 aliphatic carbocycles. The van der Waals surface area contributed by atoms with Crippen LogP contribution in [0.25, 0.3) is 11.4 Å². The molecule has 1 amide bonds. The maximum absolute atomic E-state index is 14.4. The summed E-state index contributed by atoms with van der Waals surface area (Å²) in [4.78, 5) is 25.9. The van der Waals surface area contributed by atoms with E-state index < -0.39 is 60.1 Å². The van der Waals surface area contributed by atoms with Gasteiger partial charge in [-0.2, -0.15) is 18.3 Å². The molecule has 0 aromatic carbocycles. The van der Waals surface area contributed by atoms with Crippen molar-refractivity contribution in [1.82, 2.24) is 30.0 Å². The van der Waals surface area contributed by atoms with Crippen LogP contribution in [0, 0.1) is 11.7 Å². The van der Waals surface area contributed by atoms with Gasteiger partial charge in [0.2, 0.25) is 0 Å². The van der Waals surface area contributed by atoms with E-state index in [2.05, 4.69) is 30.5 Å². The summed E-state index contributed by atoms with van der Waals surface area (Å²) < 4.78 is 81.4. The fourth-order valence-corrected chi connectivity index (χ4v) is 4.00. The second-order valence-electron chi connectivity index (χ2n) is 8.20. The van der Waals surface area contributed by atoms with Crippen molar-refractivity contribution in [2.45, 2.75) is 31.5 Å². The Kier molecular flexibility index (Phi) is 6.38. The highest BCUT2D eigenvalue weighted by Gasteiger charge is 2.46. The van der Waals surface area contributed by atoms with Crippen molar-refractivity contribution in [3.05, 3.63) is 54.0 Å². The number of H-pyrrole nitrogens is 1. The number of hydrogen-bond acceptors (Lipinski definition) is 6. The third kappa shape index (κ3) is 5.20. The number of anilines is 1.